The fraction of sp³-hybridized carbons (Fsp3) is 0.310. The molecule has 6 nitrogen and oxygen atoms in total. The molecule has 1 amide bonds. The molecule has 0 bridgehead atoms. The standard InChI is InChI=1S/C29H30N4O2S2/c1-18(2)21-12-10-20(11-13-21)16-30-32-25(34)17-36-29-31-27-26(23-6-4-5-7-24(23)37-27)28(35)33(29)22-14-8-19(3)9-15-22/h8-16,18H,4-7,17H2,1-3H3,(H,32,34)/b30-16+. The normalized spacial score (nSPS) is 13.4. The number of thioether (sulfide) groups is 1. The van der Waals surface area contributed by atoms with Crippen molar-refractivity contribution in [3.05, 3.63) is 86.0 Å². The molecule has 37 heavy (non-hydrogen) atoms. The first-order valence-corrected chi connectivity index (χ1v) is 14.4. The minimum Gasteiger partial charge on any atom is -0.272 e. The smallest absolute Gasteiger partial charge is 0.267 e. The summed E-state index contributed by atoms with van der Waals surface area (Å²) in [6.07, 6.45) is 5.81. The first-order valence-electron chi connectivity index (χ1n) is 12.6. The van der Waals surface area contributed by atoms with E-state index in [1.807, 2.05) is 43.3 Å². The van der Waals surface area contributed by atoms with Crippen LogP contribution >= 0.6 is 23.1 Å². The van der Waals surface area contributed by atoms with E-state index in [4.69, 9.17) is 4.98 Å². The Morgan fingerprint density at radius 3 is 2.59 bits per heavy atom. The van der Waals surface area contributed by atoms with Crippen LogP contribution in [0.5, 0.6) is 0 Å². The van der Waals surface area contributed by atoms with Gasteiger partial charge in [0.2, 0.25) is 0 Å². The van der Waals surface area contributed by atoms with Gasteiger partial charge in [0.25, 0.3) is 11.5 Å². The lowest BCUT2D eigenvalue weighted by atomic mass is 9.97. The zero-order chi connectivity index (χ0) is 25.9. The van der Waals surface area contributed by atoms with Crippen LogP contribution in [0.2, 0.25) is 0 Å². The minimum absolute atomic E-state index is 0.0565. The summed E-state index contributed by atoms with van der Waals surface area (Å²) in [5, 5.41) is 5.36. The average Bonchev–Trinajstić information content (AvgIpc) is 3.27. The van der Waals surface area contributed by atoms with Crippen LogP contribution in [0.1, 0.15) is 59.7 Å². The number of aromatic nitrogens is 2. The number of fused-ring (bicyclic) bond motifs is 3. The fourth-order valence-electron chi connectivity index (χ4n) is 4.51. The number of rotatable bonds is 7. The Hall–Kier alpha value is -3.23. The quantitative estimate of drug-likeness (QED) is 0.138. The molecule has 1 aliphatic rings. The molecule has 8 heteroatoms. The van der Waals surface area contributed by atoms with E-state index in [9.17, 15) is 9.59 Å². The lowest BCUT2D eigenvalue weighted by Gasteiger charge is -2.13. The lowest BCUT2D eigenvalue weighted by molar-refractivity contribution is -0.118. The minimum atomic E-state index is -0.254. The summed E-state index contributed by atoms with van der Waals surface area (Å²) in [5.74, 6) is 0.307. The Kier molecular flexibility index (Phi) is 7.58. The average molecular weight is 531 g/mol. The molecule has 1 N–H and O–H groups in total. The summed E-state index contributed by atoms with van der Waals surface area (Å²) >= 11 is 2.87. The van der Waals surface area contributed by atoms with Gasteiger partial charge in [-0.15, -0.1) is 11.3 Å². The van der Waals surface area contributed by atoms with Gasteiger partial charge in [-0.25, -0.2) is 10.4 Å². The highest BCUT2D eigenvalue weighted by atomic mass is 32.2. The van der Waals surface area contributed by atoms with E-state index in [1.165, 1.54) is 22.2 Å². The molecule has 0 saturated heterocycles. The molecule has 0 radical (unpaired) electrons. The second-order valence-corrected chi connectivity index (χ2v) is 11.7. The first kappa shape index (κ1) is 25.4. The molecule has 0 spiro atoms. The molecule has 0 aliphatic heterocycles. The van der Waals surface area contributed by atoms with E-state index < -0.39 is 0 Å². The Morgan fingerprint density at radius 2 is 1.86 bits per heavy atom. The van der Waals surface area contributed by atoms with E-state index in [-0.39, 0.29) is 17.2 Å². The monoisotopic (exact) mass is 530 g/mol. The number of hydrogen-bond donors (Lipinski definition) is 1. The van der Waals surface area contributed by atoms with Crippen LogP contribution < -0.4 is 11.0 Å². The third-order valence-electron chi connectivity index (χ3n) is 6.59. The van der Waals surface area contributed by atoms with E-state index in [0.29, 0.717) is 11.1 Å². The van der Waals surface area contributed by atoms with Crippen LogP contribution in [0.3, 0.4) is 0 Å². The van der Waals surface area contributed by atoms with Crippen LogP contribution in [0, 0.1) is 6.92 Å². The van der Waals surface area contributed by atoms with Gasteiger partial charge in [0, 0.05) is 4.88 Å². The number of aryl methyl sites for hydroxylation is 3. The second-order valence-electron chi connectivity index (χ2n) is 9.66. The highest BCUT2D eigenvalue weighted by Crippen LogP contribution is 2.35. The Labute approximate surface area is 224 Å². The van der Waals surface area contributed by atoms with Gasteiger partial charge in [-0.05, 0) is 67.3 Å². The number of hydrogen-bond acceptors (Lipinski definition) is 6. The number of benzene rings is 2. The van der Waals surface area contributed by atoms with Crippen LogP contribution in [0.15, 0.2) is 63.6 Å². The molecule has 0 fully saturated rings. The predicted octanol–water partition coefficient (Wildman–Crippen LogP) is 6.00. The summed E-state index contributed by atoms with van der Waals surface area (Å²) in [6.45, 7) is 6.32. The maximum Gasteiger partial charge on any atom is 0.267 e. The molecular weight excluding hydrogens is 500 g/mol. The topological polar surface area (TPSA) is 76.3 Å². The summed E-state index contributed by atoms with van der Waals surface area (Å²) in [7, 11) is 0. The molecule has 0 unspecified atom stereocenters. The van der Waals surface area contributed by atoms with Crippen molar-refractivity contribution < 1.29 is 4.79 Å². The Bertz CT molecular complexity index is 1520. The molecule has 4 aromatic rings. The number of nitrogens with one attached hydrogen (secondary N) is 1. The molecule has 2 heterocycles. The fourth-order valence-corrected chi connectivity index (χ4v) is 6.62. The number of hydrazone groups is 1. The molecule has 1 aliphatic carbocycles. The molecule has 2 aromatic heterocycles. The predicted molar refractivity (Wildman–Crippen MR) is 154 cm³/mol. The van der Waals surface area contributed by atoms with Crippen molar-refractivity contribution in [1.82, 2.24) is 15.0 Å². The van der Waals surface area contributed by atoms with Crippen LogP contribution in [-0.4, -0.2) is 27.4 Å². The first-order chi connectivity index (χ1) is 17.9. The Morgan fingerprint density at radius 1 is 1.14 bits per heavy atom. The van der Waals surface area contributed by atoms with Crippen molar-refractivity contribution in [2.75, 3.05) is 5.75 Å². The van der Waals surface area contributed by atoms with Crippen molar-refractivity contribution in [2.24, 2.45) is 5.10 Å². The van der Waals surface area contributed by atoms with Crippen LogP contribution in [-0.2, 0) is 17.6 Å². The van der Waals surface area contributed by atoms with Gasteiger partial charge in [0.1, 0.15) is 4.83 Å². The zero-order valence-electron chi connectivity index (χ0n) is 21.3. The molecule has 2 aromatic carbocycles. The number of thiophene rings is 1. The summed E-state index contributed by atoms with van der Waals surface area (Å²) < 4.78 is 1.65. The highest BCUT2D eigenvalue weighted by molar-refractivity contribution is 7.99. The van der Waals surface area contributed by atoms with Gasteiger partial charge in [0.05, 0.1) is 23.0 Å². The molecule has 5 rings (SSSR count). The molecular formula is C29H30N4O2S2. The van der Waals surface area contributed by atoms with Gasteiger partial charge < -0.3 is 0 Å². The maximum absolute atomic E-state index is 13.8. The molecule has 190 valence electrons. The van der Waals surface area contributed by atoms with Gasteiger partial charge in [0.15, 0.2) is 5.16 Å². The molecule has 0 saturated carbocycles. The number of carbonyl (C=O) groups excluding carboxylic acids is 1. The summed E-state index contributed by atoms with van der Waals surface area (Å²) in [4.78, 5) is 33.3. The van der Waals surface area contributed by atoms with E-state index >= 15 is 0 Å². The Balaban J connectivity index is 1.38. The van der Waals surface area contributed by atoms with Crippen molar-refractivity contribution in [1.29, 1.82) is 0 Å². The lowest BCUT2D eigenvalue weighted by Crippen LogP contribution is -2.24. The van der Waals surface area contributed by atoms with Crippen LogP contribution in [0.25, 0.3) is 15.9 Å². The van der Waals surface area contributed by atoms with E-state index in [1.54, 1.807) is 22.1 Å². The highest BCUT2D eigenvalue weighted by Gasteiger charge is 2.23. The van der Waals surface area contributed by atoms with Gasteiger partial charge >= 0.3 is 0 Å². The third-order valence-corrected chi connectivity index (χ3v) is 8.71. The van der Waals surface area contributed by atoms with Gasteiger partial charge in [-0.3, -0.25) is 14.2 Å². The van der Waals surface area contributed by atoms with Gasteiger partial charge in [-0.1, -0.05) is 67.6 Å². The largest absolute Gasteiger partial charge is 0.272 e. The third kappa shape index (κ3) is 5.55. The maximum atomic E-state index is 13.8. The summed E-state index contributed by atoms with van der Waals surface area (Å²) in [6, 6.07) is 15.9. The number of amides is 1. The van der Waals surface area contributed by atoms with Crippen molar-refractivity contribution in [3.8, 4) is 5.69 Å². The SMILES string of the molecule is Cc1ccc(-n2c(SCC(=O)N/N=C/c3ccc(C(C)C)cc3)nc3sc4c(c3c2=O)CCCC4)cc1. The van der Waals surface area contributed by atoms with Crippen molar-refractivity contribution >= 4 is 45.4 Å². The van der Waals surface area contributed by atoms with Crippen molar-refractivity contribution in [2.45, 2.75) is 57.5 Å². The number of carbonyl (C=O) groups is 1. The van der Waals surface area contributed by atoms with Crippen molar-refractivity contribution in [3.63, 3.8) is 0 Å². The van der Waals surface area contributed by atoms with Gasteiger partial charge in [-0.2, -0.15) is 5.10 Å². The van der Waals surface area contributed by atoms with E-state index in [0.717, 1.165) is 58.3 Å². The summed E-state index contributed by atoms with van der Waals surface area (Å²) in [5.41, 5.74) is 7.74. The second kappa shape index (κ2) is 11.0. The van der Waals surface area contributed by atoms with E-state index in [2.05, 4.69) is 36.5 Å². The molecule has 0 atom stereocenters. The number of nitrogens with zero attached hydrogens (tertiary/aromatic N) is 3. The van der Waals surface area contributed by atoms with Crippen LogP contribution in [0.4, 0.5) is 0 Å². The zero-order valence-corrected chi connectivity index (χ0v) is 22.9.